The molecule has 0 radical (unpaired) electrons. The number of rotatable bonds is 4. The first-order valence-corrected chi connectivity index (χ1v) is 13.1. The summed E-state index contributed by atoms with van der Waals surface area (Å²) in [5, 5.41) is 23.9. The highest BCUT2D eigenvalue weighted by molar-refractivity contribution is 7.91. The molecule has 2 aliphatic carbocycles. The molecule has 2 aliphatic rings. The molecule has 34 heavy (non-hydrogen) atoms. The molecule has 8 nitrogen and oxygen atoms in total. The molecule has 1 atom stereocenters. The molecule has 2 aromatic carbocycles. The summed E-state index contributed by atoms with van der Waals surface area (Å²) in [6, 6.07) is 12.1. The molecule has 1 heterocycles. The number of carbonyl (C=O) groups excluding carboxylic acids is 1. The third-order valence-electron chi connectivity index (χ3n) is 6.54. The third kappa shape index (κ3) is 4.15. The van der Waals surface area contributed by atoms with Crippen LogP contribution in [0.15, 0.2) is 51.9 Å². The number of hydrogen-bond donors (Lipinski definition) is 3. The Labute approximate surface area is 199 Å². The van der Waals surface area contributed by atoms with Gasteiger partial charge in [0.2, 0.25) is 0 Å². The van der Waals surface area contributed by atoms with Gasteiger partial charge in [-0.2, -0.15) is 5.10 Å². The van der Waals surface area contributed by atoms with Crippen molar-refractivity contribution in [2.24, 2.45) is 9.50 Å². The van der Waals surface area contributed by atoms with E-state index < -0.39 is 21.5 Å². The quantitative estimate of drug-likeness (QED) is 0.523. The minimum atomic E-state index is -3.66. The van der Waals surface area contributed by atoms with E-state index in [1.165, 1.54) is 21.9 Å². The van der Waals surface area contributed by atoms with E-state index in [0.29, 0.717) is 11.4 Å². The summed E-state index contributed by atoms with van der Waals surface area (Å²) in [5.74, 6) is 0. The van der Waals surface area contributed by atoms with Crippen molar-refractivity contribution in [2.75, 3.05) is 5.32 Å². The summed E-state index contributed by atoms with van der Waals surface area (Å²) in [5.41, 5.74) is 5.46. The van der Waals surface area contributed by atoms with Crippen LogP contribution in [0.2, 0.25) is 0 Å². The number of benzene rings is 2. The Balaban J connectivity index is 1.51. The number of anilines is 1. The van der Waals surface area contributed by atoms with Crippen LogP contribution in [-0.2, 0) is 41.2 Å². The molecule has 5 rings (SSSR count). The van der Waals surface area contributed by atoms with Gasteiger partial charge < -0.3 is 10.4 Å². The lowest BCUT2D eigenvalue weighted by Crippen LogP contribution is -2.20. The lowest BCUT2D eigenvalue weighted by atomic mass is 9.99. The predicted octanol–water partition coefficient (Wildman–Crippen LogP) is 4.01. The van der Waals surface area contributed by atoms with Gasteiger partial charge in [-0.05, 0) is 86.8 Å². The van der Waals surface area contributed by atoms with Crippen LogP contribution < -0.4 is 10.5 Å². The normalized spacial score (nSPS) is 16.6. The maximum atomic E-state index is 13.4. The van der Waals surface area contributed by atoms with E-state index >= 15 is 0 Å². The monoisotopic (exact) mass is 479 g/mol. The summed E-state index contributed by atoms with van der Waals surface area (Å²) < 4.78 is 18.7. The largest absolute Gasteiger partial charge is 0.384 e. The zero-order chi connectivity index (χ0) is 24.1. The second-order valence-electron chi connectivity index (χ2n) is 9.50. The van der Waals surface area contributed by atoms with E-state index in [9.17, 15) is 14.1 Å². The highest BCUT2D eigenvalue weighted by atomic mass is 32.2. The van der Waals surface area contributed by atoms with Crippen LogP contribution in [0, 0.1) is 0 Å². The van der Waals surface area contributed by atoms with Crippen molar-refractivity contribution in [1.82, 2.24) is 9.78 Å². The molecule has 0 spiro atoms. The fraction of sp³-hybridized carbons (Fsp3) is 0.360. The third-order valence-corrected chi connectivity index (χ3v) is 7.77. The zero-order valence-corrected chi connectivity index (χ0v) is 20.2. The van der Waals surface area contributed by atoms with E-state index in [4.69, 9.17) is 5.14 Å². The van der Waals surface area contributed by atoms with E-state index in [2.05, 4.69) is 20.8 Å². The fourth-order valence-corrected chi connectivity index (χ4v) is 5.84. The highest BCUT2D eigenvalue weighted by Gasteiger charge is 2.28. The van der Waals surface area contributed by atoms with Crippen LogP contribution >= 0.6 is 0 Å². The van der Waals surface area contributed by atoms with Gasteiger partial charge in [0.05, 0.1) is 11.4 Å². The molecule has 0 aliphatic heterocycles. The topological polar surface area (TPSA) is 123 Å². The van der Waals surface area contributed by atoms with Gasteiger partial charge >= 0.3 is 6.03 Å². The first kappa shape index (κ1) is 22.8. The molecule has 3 aromatic rings. The first-order chi connectivity index (χ1) is 16.1. The number of fused-ring (bicyclic) bond motifs is 2. The van der Waals surface area contributed by atoms with E-state index in [-0.39, 0.29) is 5.03 Å². The number of para-hydroxylation sites is 1. The van der Waals surface area contributed by atoms with E-state index in [1.807, 2.05) is 30.3 Å². The molecule has 0 fully saturated rings. The molecule has 1 aromatic heterocycles. The van der Waals surface area contributed by atoms with Crippen LogP contribution in [0.25, 0.3) is 5.69 Å². The minimum Gasteiger partial charge on any atom is -0.384 e. The van der Waals surface area contributed by atoms with Gasteiger partial charge in [0.1, 0.15) is 5.60 Å². The predicted molar refractivity (Wildman–Crippen MR) is 131 cm³/mol. The van der Waals surface area contributed by atoms with Crippen LogP contribution in [0.5, 0.6) is 0 Å². The van der Waals surface area contributed by atoms with Gasteiger partial charge in [0, 0.05) is 11.8 Å². The number of amides is 2. The average molecular weight is 480 g/mol. The van der Waals surface area contributed by atoms with Gasteiger partial charge in [0.15, 0.2) is 14.9 Å². The Bertz CT molecular complexity index is 1360. The Hall–Kier alpha value is -3.01. The molecule has 9 heteroatoms. The van der Waals surface area contributed by atoms with Gasteiger partial charge in [-0.1, -0.05) is 24.3 Å². The van der Waals surface area contributed by atoms with E-state index in [1.54, 1.807) is 13.8 Å². The summed E-state index contributed by atoms with van der Waals surface area (Å²) in [7, 11) is -3.66. The summed E-state index contributed by atoms with van der Waals surface area (Å²) in [6.45, 7) is 3.21. The lowest BCUT2D eigenvalue weighted by Gasteiger charge is -2.18. The maximum absolute atomic E-state index is 13.4. The number of urea groups is 1. The molecular weight excluding hydrogens is 450 g/mol. The number of nitrogens with two attached hydrogens (primary N) is 1. The number of aryl methyl sites for hydroxylation is 2. The van der Waals surface area contributed by atoms with Gasteiger partial charge in [0.25, 0.3) is 0 Å². The highest BCUT2D eigenvalue weighted by Crippen LogP contribution is 2.38. The molecule has 178 valence electrons. The van der Waals surface area contributed by atoms with Crippen LogP contribution in [-0.4, -0.2) is 25.1 Å². The number of nitrogens with zero attached hydrogens (tertiary/aromatic N) is 3. The smallest absolute Gasteiger partial charge is 0.354 e. The van der Waals surface area contributed by atoms with Crippen LogP contribution in [0.1, 0.15) is 54.6 Å². The summed E-state index contributed by atoms with van der Waals surface area (Å²) >= 11 is 0. The van der Waals surface area contributed by atoms with Crippen molar-refractivity contribution in [3.63, 3.8) is 0 Å². The van der Waals surface area contributed by atoms with Crippen LogP contribution in [0.3, 0.4) is 0 Å². The Morgan fingerprint density at radius 3 is 2.29 bits per heavy atom. The van der Waals surface area contributed by atoms with Crippen molar-refractivity contribution >= 4 is 21.6 Å². The van der Waals surface area contributed by atoms with Gasteiger partial charge in [-0.15, -0.1) is 4.36 Å². The van der Waals surface area contributed by atoms with Crippen molar-refractivity contribution in [3.8, 4) is 5.69 Å². The number of hydrogen-bond acceptors (Lipinski definition) is 4. The van der Waals surface area contributed by atoms with E-state index in [0.717, 1.165) is 55.3 Å². The molecular formula is C25H29N5O3S. The minimum absolute atomic E-state index is 0.0628. The van der Waals surface area contributed by atoms with Gasteiger partial charge in [-0.3, -0.25) is 0 Å². The molecule has 0 saturated carbocycles. The number of carbonyl (C=O) groups is 1. The molecule has 0 unspecified atom stereocenters. The summed E-state index contributed by atoms with van der Waals surface area (Å²) in [4.78, 5) is 12.9. The Kier molecular flexibility index (Phi) is 5.58. The second kappa shape index (κ2) is 8.33. The Morgan fingerprint density at radius 1 is 1.09 bits per heavy atom. The van der Waals surface area contributed by atoms with Crippen LogP contribution in [0.4, 0.5) is 10.5 Å². The fourth-order valence-electron chi connectivity index (χ4n) is 4.97. The average Bonchev–Trinajstić information content (AvgIpc) is 3.52. The number of aromatic nitrogens is 2. The van der Waals surface area contributed by atoms with Crippen molar-refractivity contribution in [3.05, 3.63) is 70.4 Å². The first-order valence-electron chi connectivity index (χ1n) is 11.5. The van der Waals surface area contributed by atoms with Crippen molar-refractivity contribution in [2.45, 2.75) is 63.0 Å². The number of nitrogens with one attached hydrogen (secondary N) is 1. The maximum Gasteiger partial charge on any atom is 0.354 e. The summed E-state index contributed by atoms with van der Waals surface area (Å²) in [6.07, 6.45) is 5.95. The number of aliphatic hydroxyl groups is 1. The molecule has 2 amide bonds. The standard InChI is InChI=1S/C25H29N5O3S/c1-25(2,32)21-15-22(28-30(21)18-10-4-3-5-11-18)34(26,33)29-24(31)27-23-19-12-6-8-16(19)14-17-9-7-13-20(17)23/h3-5,10-11,14-15,32H,6-9,12-13H2,1-2H3,(H3,26,27,29,31,33)/t34-/m0/s1. The van der Waals surface area contributed by atoms with Gasteiger partial charge in [-0.25, -0.2) is 18.8 Å². The zero-order valence-electron chi connectivity index (χ0n) is 19.4. The van der Waals surface area contributed by atoms with Crippen molar-refractivity contribution in [1.29, 1.82) is 0 Å². The lowest BCUT2D eigenvalue weighted by molar-refractivity contribution is 0.0711. The SMILES string of the molecule is CC(C)(O)c1cc([S@@](N)(=O)=NC(=O)Nc2c3c(cc4c2CCC4)CCC3)nn1-c1ccccc1. The molecule has 4 N–H and O–H groups in total. The Morgan fingerprint density at radius 2 is 1.71 bits per heavy atom. The molecule has 0 saturated heterocycles. The second-order valence-corrected chi connectivity index (χ2v) is 11.2. The molecule has 0 bridgehead atoms. The van der Waals surface area contributed by atoms with Crippen molar-refractivity contribution < 1.29 is 14.1 Å².